The lowest BCUT2D eigenvalue weighted by atomic mass is 9.73. The third kappa shape index (κ3) is 7.89. The summed E-state index contributed by atoms with van der Waals surface area (Å²) in [4.78, 5) is 5.05. The number of nitrogens with one attached hydrogen (secondary N) is 2. The molecule has 2 saturated heterocycles. The fourth-order valence-corrected chi connectivity index (χ4v) is 3.69. The largest absolute Gasteiger partial charge is 0.379 e. The van der Waals surface area contributed by atoms with Gasteiger partial charge in [-0.15, -0.1) is 0 Å². The molecular weight excluding hydrogens is 316 g/mol. The molecule has 6 nitrogen and oxygen atoms in total. The summed E-state index contributed by atoms with van der Waals surface area (Å²) in [5.74, 6) is 0. The van der Waals surface area contributed by atoms with E-state index in [1.54, 1.807) is 0 Å². The molecule has 2 aliphatic rings. The third-order valence-electron chi connectivity index (χ3n) is 4.91. The Kier molecular flexibility index (Phi) is 8.58. The Morgan fingerprint density at radius 1 is 0.840 bits per heavy atom. The molecule has 0 aromatic heterocycles. The molecule has 2 heterocycles. The summed E-state index contributed by atoms with van der Waals surface area (Å²) in [6, 6.07) is 0. The van der Waals surface area contributed by atoms with Crippen molar-refractivity contribution in [2.45, 2.75) is 20.8 Å². The van der Waals surface area contributed by atoms with Crippen LogP contribution in [0.1, 0.15) is 20.8 Å². The fraction of sp³-hybridized carbons (Fsp3) is 1.00. The molecule has 25 heavy (non-hydrogen) atoms. The maximum atomic E-state index is 5.74. The van der Waals surface area contributed by atoms with E-state index in [2.05, 4.69) is 41.2 Å². The highest BCUT2D eigenvalue weighted by Gasteiger charge is 2.50. The molecule has 0 unspecified atom stereocenters. The molecule has 148 valence electrons. The summed E-state index contributed by atoms with van der Waals surface area (Å²) < 4.78 is 11.3. The predicted molar refractivity (Wildman–Crippen MR) is 103 cm³/mol. The normalized spacial score (nSPS) is 20.6. The highest BCUT2D eigenvalue weighted by atomic mass is 16.5. The summed E-state index contributed by atoms with van der Waals surface area (Å²) >= 11 is 0. The first-order valence-electron chi connectivity index (χ1n) is 9.88. The lowest BCUT2D eigenvalue weighted by Crippen LogP contribution is -2.72. The Morgan fingerprint density at radius 2 is 1.36 bits per heavy atom. The molecule has 2 N–H and O–H groups in total. The Labute approximate surface area is 154 Å². The minimum atomic E-state index is 0.349. The second-order valence-corrected chi connectivity index (χ2v) is 8.99. The van der Waals surface area contributed by atoms with Gasteiger partial charge in [-0.2, -0.15) is 0 Å². The highest BCUT2D eigenvalue weighted by Crippen LogP contribution is 2.38. The average Bonchev–Trinajstić information content (AvgIpc) is 2.46. The minimum absolute atomic E-state index is 0.349. The van der Waals surface area contributed by atoms with Gasteiger partial charge in [0.25, 0.3) is 0 Å². The van der Waals surface area contributed by atoms with Crippen LogP contribution in [0, 0.1) is 10.8 Å². The molecule has 0 amide bonds. The second kappa shape index (κ2) is 10.2. The average molecular weight is 357 g/mol. The summed E-state index contributed by atoms with van der Waals surface area (Å²) in [6.07, 6.45) is 0. The first-order chi connectivity index (χ1) is 11.9. The smallest absolute Gasteiger partial charge is 0.0594 e. The van der Waals surface area contributed by atoms with Crippen LogP contribution < -0.4 is 10.6 Å². The van der Waals surface area contributed by atoms with Gasteiger partial charge in [0.1, 0.15) is 0 Å². The molecule has 2 rings (SSSR count). The van der Waals surface area contributed by atoms with Gasteiger partial charge in [-0.25, -0.2) is 0 Å². The first kappa shape index (κ1) is 21.1. The number of nitrogens with zero attached hydrogens (tertiary/aromatic N) is 2. The maximum absolute atomic E-state index is 5.74. The number of likely N-dealkylation sites (N-methyl/N-ethyl adjacent to an activating group) is 1. The van der Waals surface area contributed by atoms with Crippen molar-refractivity contribution in [2.75, 3.05) is 92.4 Å². The molecule has 0 radical (unpaired) electrons. The predicted octanol–water partition coefficient (Wildman–Crippen LogP) is 0.492. The van der Waals surface area contributed by atoms with Gasteiger partial charge in [-0.05, 0) is 12.5 Å². The molecule has 2 aliphatic heterocycles. The molecule has 0 saturated carbocycles. The Morgan fingerprint density at radius 3 is 1.84 bits per heavy atom. The zero-order chi connectivity index (χ0) is 18.2. The molecule has 0 aliphatic carbocycles. The summed E-state index contributed by atoms with van der Waals surface area (Å²) in [6.45, 7) is 20.2. The number of likely N-dealkylation sites (tertiary alicyclic amines) is 2. The van der Waals surface area contributed by atoms with E-state index in [0.717, 1.165) is 59.2 Å². The summed E-state index contributed by atoms with van der Waals surface area (Å²) in [5.41, 5.74) is 0.931. The molecule has 0 aromatic carbocycles. The lowest BCUT2D eigenvalue weighted by Gasteiger charge is -2.60. The van der Waals surface area contributed by atoms with E-state index in [1.807, 2.05) is 7.05 Å². The van der Waals surface area contributed by atoms with Gasteiger partial charge in [0.15, 0.2) is 0 Å². The van der Waals surface area contributed by atoms with Crippen LogP contribution in [-0.4, -0.2) is 102 Å². The van der Waals surface area contributed by atoms with E-state index >= 15 is 0 Å². The van der Waals surface area contributed by atoms with Crippen LogP contribution in [-0.2, 0) is 9.47 Å². The monoisotopic (exact) mass is 356 g/mol. The van der Waals surface area contributed by atoms with Gasteiger partial charge < -0.3 is 20.1 Å². The van der Waals surface area contributed by atoms with E-state index in [-0.39, 0.29) is 0 Å². The van der Waals surface area contributed by atoms with Crippen LogP contribution in [0.5, 0.6) is 0 Å². The van der Waals surface area contributed by atoms with E-state index < -0.39 is 0 Å². The van der Waals surface area contributed by atoms with Crippen LogP contribution in [0.15, 0.2) is 0 Å². The van der Waals surface area contributed by atoms with Crippen LogP contribution in [0.25, 0.3) is 0 Å². The van der Waals surface area contributed by atoms with Crippen LogP contribution in [0.3, 0.4) is 0 Å². The number of hydrogen-bond acceptors (Lipinski definition) is 6. The van der Waals surface area contributed by atoms with Crippen molar-refractivity contribution in [3.05, 3.63) is 0 Å². The second-order valence-electron chi connectivity index (χ2n) is 8.99. The van der Waals surface area contributed by atoms with Crippen molar-refractivity contribution in [3.63, 3.8) is 0 Å². The van der Waals surface area contributed by atoms with Crippen molar-refractivity contribution >= 4 is 0 Å². The molecular formula is C19H40N4O2. The van der Waals surface area contributed by atoms with Gasteiger partial charge in [-0.1, -0.05) is 20.8 Å². The van der Waals surface area contributed by atoms with Gasteiger partial charge in [0, 0.05) is 64.3 Å². The Bertz CT molecular complexity index is 359. The van der Waals surface area contributed by atoms with Crippen LogP contribution >= 0.6 is 0 Å². The summed E-state index contributed by atoms with van der Waals surface area (Å²) in [7, 11) is 1.96. The first-order valence-corrected chi connectivity index (χ1v) is 9.88. The van der Waals surface area contributed by atoms with E-state index in [9.17, 15) is 0 Å². The van der Waals surface area contributed by atoms with E-state index in [0.29, 0.717) is 10.8 Å². The van der Waals surface area contributed by atoms with Crippen molar-refractivity contribution in [2.24, 2.45) is 10.8 Å². The molecule has 1 spiro atoms. The zero-order valence-electron chi connectivity index (χ0n) is 16.9. The topological polar surface area (TPSA) is 49.0 Å². The van der Waals surface area contributed by atoms with Crippen molar-refractivity contribution in [1.29, 1.82) is 0 Å². The van der Waals surface area contributed by atoms with E-state index in [4.69, 9.17) is 9.47 Å². The highest BCUT2D eigenvalue weighted by molar-refractivity contribution is 5.05. The minimum Gasteiger partial charge on any atom is -0.379 e. The SMILES string of the molecule is CNCCOCCN1CC2(C1)CN(CCOCCNCC(C)(C)C)C2. The Balaban J connectivity index is 1.37. The Hall–Kier alpha value is -0.240. The van der Waals surface area contributed by atoms with Gasteiger partial charge in [0.05, 0.1) is 26.4 Å². The molecule has 2 fully saturated rings. The molecule has 0 atom stereocenters. The molecule has 6 heteroatoms. The quantitative estimate of drug-likeness (QED) is 0.469. The van der Waals surface area contributed by atoms with Gasteiger partial charge >= 0.3 is 0 Å². The summed E-state index contributed by atoms with van der Waals surface area (Å²) in [5, 5.41) is 6.55. The van der Waals surface area contributed by atoms with Crippen LogP contribution in [0.4, 0.5) is 0 Å². The third-order valence-corrected chi connectivity index (χ3v) is 4.91. The van der Waals surface area contributed by atoms with Crippen LogP contribution in [0.2, 0.25) is 0 Å². The maximum Gasteiger partial charge on any atom is 0.0594 e. The zero-order valence-corrected chi connectivity index (χ0v) is 16.9. The number of rotatable bonds is 13. The van der Waals surface area contributed by atoms with Crippen molar-refractivity contribution in [1.82, 2.24) is 20.4 Å². The molecule has 0 aromatic rings. The van der Waals surface area contributed by atoms with Crippen molar-refractivity contribution < 1.29 is 9.47 Å². The van der Waals surface area contributed by atoms with Gasteiger partial charge in [-0.3, -0.25) is 9.80 Å². The lowest BCUT2D eigenvalue weighted by molar-refractivity contribution is -0.123. The van der Waals surface area contributed by atoms with Crippen molar-refractivity contribution in [3.8, 4) is 0 Å². The number of hydrogen-bond donors (Lipinski definition) is 2. The van der Waals surface area contributed by atoms with E-state index in [1.165, 1.54) is 26.2 Å². The molecule has 0 bridgehead atoms. The number of ether oxygens (including phenoxy) is 2. The fourth-order valence-electron chi connectivity index (χ4n) is 3.69. The van der Waals surface area contributed by atoms with Gasteiger partial charge in [0.2, 0.25) is 0 Å². The standard InChI is InChI=1S/C19H40N4O2/c1-18(2,3)13-21-6-10-25-12-8-23-16-19(17-23)14-22(15-19)7-11-24-9-5-20-4/h20-21H,5-17H2,1-4H3.